The smallest absolute Gasteiger partial charge is 0.384 e. The predicted molar refractivity (Wildman–Crippen MR) is 181 cm³/mol. The van der Waals surface area contributed by atoms with Gasteiger partial charge in [0.2, 0.25) is 6.17 Å². The molecule has 4 aromatic rings. The van der Waals surface area contributed by atoms with Gasteiger partial charge in [0.25, 0.3) is 18.1 Å². The van der Waals surface area contributed by atoms with Crippen LogP contribution >= 0.6 is 7.37 Å². The van der Waals surface area contributed by atoms with Crippen molar-refractivity contribution in [3.05, 3.63) is 130 Å². The highest BCUT2D eigenvalue weighted by atomic mass is 32.2. The Morgan fingerprint density at radius 2 is 1.70 bits per heavy atom. The Morgan fingerprint density at radius 1 is 1.02 bits per heavy atom. The second kappa shape index (κ2) is 13.4. The third-order valence-corrected chi connectivity index (χ3v) is 11.7. The van der Waals surface area contributed by atoms with Crippen LogP contribution in [-0.4, -0.2) is 44.6 Å². The third kappa shape index (κ3) is 6.62. The van der Waals surface area contributed by atoms with Gasteiger partial charge in [0, 0.05) is 29.1 Å². The monoisotopic (exact) mass is 670 g/mol. The minimum atomic E-state index is -4.18. The van der Waals surface area contributed by atoms with Gasteiger partial charge in [-0.2, -0.15) is 0 Å². The molecule has 2 aliphatic rings. The van der Waals surface area contributed by atoms with E-state index in [0.29, 0.717) is 39.1 Å². The molecule has 0 amide bonds. The molecule has 3 atom stereocenters. The molecule has 4 aromatic carbocycles. The van der Waals surface area contributed by atoms with Crippen molar-refractivity contribution in [2.24, 2.45) is 4.99 Å². The maximum Gasteiger partial charge on any atom is 0.384 e. The standard InChI is InChI=1S/C34H28N3O8PS/c1-23(19-31(38)45-20-24-15-17-25(18-16-24)37(40)41)32-28(13-8-14-29(32)46(42,43)27-11-6-3-7-12-27)36-22-47-30(35-33(36)34(47)39)21-44-26-9-4-2-5-10-26/h2-19,33H,20-22H2,1H3/p+1. The molecule has 0 aliphatic carbocycles. The molecule has 0 saturated carbocycles. The third-order valence-electron chi connectivity index (χ3n) is 7.69. The molecule has 0 aromatic heterocycles. The number of ether oxygens (including phenoxy) is 2. The Morgan fingerprint density at radius 3 is 2.34 bits per heavy atom. The summed E-state index contributed by atoms with van der Waals surface area (Å²) in [6, 6.07) is 28.1. The molecule has 2 bridgehead atoms. The van der Waals surface area contributed by atoms with Gasteiger partial charge >= 0.3 is 11.1 Å². The van der Waals surface area contributed by atoms with Crippen molar-refractivity contribution in [1.82, 2.24) is 0 Å². The number of nitro groups is 1. The summed E-state index contributed by atoms with van der Waals surface area (Å²) in [5.74, 6) is 0.270. The lowest BCUT2D eigenvalue weighted by Crippen LogP contribution is -2.36. The minimum Gasteiger partial charge on any atom is -0.482 e. The highest BCUT2D eigenvalue weighted by molar-refractivity contribution is 8.24. The van der Waals surface area contributed by atoms with E-state index in [1.54, 1.807) is 60.4 Å². The van der Waals surface area contributed by atoms with Crippen LogP contribution < -0.4 is 20.2 Å². The Labute approximate surface area is 273 Å². The lowest BCUT2D eigenvalue weighted by molar-refractivity contribution is -0.384. The van der Waals surface area contributed by atoms with E-state index in [9.17, 15) is 29.2 Å². The quantitative estimate of drug-likeness (QED) is 0.0599. The Bertz CT molecular complexity index is 1950. The number of carbonyl (C=O) groups is 2. The van der Waals surface area contributed by atoms with Crippen LogP contribution in [0, 0.1) is 10.1 Å². The van der Waals surface area contributed by atoms with E-state index in [0.717, 1.165) is 0 Å². The van der Waals surface area contributed by atoms with Crippen LogP contribution in [0.15, 0.2) is 114 Å². The Balaban J connectivity index is 1.32. The Kier molecular flexibility index (Phi) is 9.08. The molecule has 11 nitrogen and oxygen atoms in total. The van der Waals surface area contributed by atoms with Crippen molar-refractivity contribution in [3.63, 3.8) is 0 Å². The number of esters is 1. The minimum absolute atomic E-state index is 0.0626. The molecule has 2 aliphatic heterocycles. The topological polar surface area (TPSA) is 149 Å². The van der Waals surface area contributed by atoms with E-state index in [-0.39, 0.29) is 34.6 Å². The number of aliphatic imine (C=N–C) groups is 1. The molecule has 13 heteroatoms. The number of para-hydroxylation sites is 1. The summed E-state index contributed by atoms with van der Waals surface area (Å²) in [7, 11) is -5.02. The van der Waals surface area contributed by atoms with Crippen molar-refractivity contribution in [3.8, 4) is 5.75 Å². The zero-order valence-corrected chi connectivity index (χ0v) is 26.8. The highest BCUT2D eigenvalue weighted by Crippen LogP contribution is 2.45. The maximum absolute atomic E-state index is 14.1. The molecular formula is C34H29N3O8PS+. The summed E-state index contributed by atoms with van der Waals surface area (Å²) in [5.41, 5.74) is 1.64. The van der Waals surface area contributed by atoms with Gasteiger partial charge in [0.15, 0.2) is 12.5 Å². The summed E-state index contributed by atoms with van der Waals surface area (Å²) < 4.78 is 25.4. The lowest BCUT2D eigenvalue weighted by Gasteiger charge is -2.26. The fourth-order valence-electron chi connectivity index (χ4n) is 5.36. The normalized spacial score (nSPS) is 18.4. The summed E-state index contributed by atoms with van der Waals surface area (Å²) in [5, 5.41) is 11.9. The molecule has 0 radical (unpaired) electrons. The van der Waals surface area contributed by atoms with Crippen molar-refractivity contribution in [2.75, 3.05) is 17.4 Å². The molecule has 47 heavy (non-hydrogen) atoms. The molecule has 3 unspecified atom stereocenters. The Hall–Kier alpha value is -5.03. The molecule has 238 valence electrons. The van der Waals surface area contributed by atoms with Gasteiger partial charge in [-0.25, -0.2) is 14.6 Å². The molecule has 6 rings (SSSR count). The van der Waals surface area contributed by atoms with Crippen LogP contribution in [-0.2, 0) is 36.4 Å². The first-order valence-corrected chi connectivity index (χ1v) is 17.6. The number of non-ortho nitro benzene ring substituents is 1. The van der Waals surface area contributed by atoms with Crippen LogP contribution in [0.1, 0.15) is 18.1 Å². The number of allylic oxidation sites excluding steroid dienone is 1. The molecule has 0 spiro atoms. The number of carbonyl (C=O) groups excluding carboxylic acids is 2. The predicted octanol–water partition coefficient (Wildman–Crippen LogP) is 4.70. The fourth-order valence-corrected chi connectivity index (χ4v) is 9.03. The zero-order chi connectivity index (χ0) is 33.1. The first kappa shape index (κ1) is 31.9. The molecule has 1 fully saturated rings. The number of rotatable bonds is 11. The molecular weight excluding hydrogens is 641 g/mol. The fraction of sp³-hybridized carbons (Fsp3) is 0.147. The molecule has 2 heterocycles. The first-order chi connectivity index (χ1) is 22.6. The lowest BCUT2D eigenvalue weighted by atomic mass is 10.0. The van der Waals surface area contributed by atoms with Gasteiger partial charge in [-0.1, -0.05) is 42.5 Å². The van der Waals surface area contributed by atoms with Crippen molar-refractivity contribution in [2.45, 2.75) is 19.7 Å². The van der Waals surface area contributed by atoms with E-state index in [2.05, 4.69) is 0 Å². The number of nitro benzene ring substituents is 1. The van der Waals surface area contributed by atoms with Crippen molar-refractivity contribution >= 4 is 61.9 Å². The zero-order valence-electron chi connectivity index (χ0n) is 25.1. The van der Waals surface area contributed by atoms with Crippen LogP contribution in [0.4, 0.5) is 11.4 Å². The number of benzene rings is 4. The maximum atomic E-state index is 14.1. The largest absolute Gasteiger partial charge is 0.482 e. The van der Waals surface area contributed by atoms with Gasteiger partial charge in [0.05, 0.1) is 15.9 Å². The number of anilines is 1. The molecule has 1 N–H and O–H groups in total. The van der Waals surface area contributed by atoms with Gasteiger partial charge in [0.1, 0.15) is 23.3 Å². The van der Waals surface area contributed by atoms with E-state index in [1.165, 1.54) is 30.3 Å². The second-order valence-electron chi connectivity index (χ2n) is 10.7. The van der Waals surface area contributed by atoms with Crippen molar-refractivity contribution < 1.29 is 33.4 Å². The van der Waals surface area contributed by atoms with E-state index in [4.69, 9.17) is 14.5 Å². The van der Waals surface area contributed by atoms with Crippen LogP contribution in [0.3, 0.4) is 0 Å². The first-order valence-electron chi connectivity index (χ1n) is 14.5. The summed E-state index contributed by atoms with van der Waals surface area (Å²) in [4.78, 5) is 54.9. The summed E-state index contributed by atoms with van der Waals surface area (Å²) in [6.45, 7) is 1.68. The van der Waals surface area contributed by atoms with E-state index < -0.39 is 35.3 Å². The van der Waals surface area contributed by atoms with Crippen molar-refractivity contribution in [1.29, 1.82) is 0 Å². The van der Waals surface area contributed by atoms with Gasteiger partial charge in [-0.15, -0.1) is 0 Å². The van der Waals surface area contributed by atoms with Crippen LogP contribution in [0.2, 0.25) is 0 Å². The van der Waals surface area contributed by atoms with Gasteiger partial charge in [-0.3, -0.25) is 19.6 Å². The number of fused-ring (bicyclic) bond motifs is 2. The van der Waals surface area contributed by atoms with Gasteiger partial charge < -0.3 is 14.4 Å². The van der Waals surface area contributed by atoms with E-state index in [1.807, 2.05) is 30.3 Å². The highest BCUT2D eigenvalue weighted by Gasteiger charge is 2.59. The van der Waals surface area contributed by atoms with Gasteiger partial charge in [-0.05, 0) is 66.6 Å². The molecule has 1 saturated heterocycles. The second-order valence-corrected chi connectivity index (χ2v) is 14.8. The van der Waals surface area contributed by atoms with Crippen LogP contribution in [0.25, 0.3) is 5.57 Å². The summed E-state index contributed by atoms with van der Waals surface area (Å²) >= 11 is 0. The number of hydrogen-bond acceptors (Lipinski definition) is 9. The number of hydrogen-bond donors (Lipinski definition) is 1. The van der Waals surface area contributed by atoms with Crippen LogP contribution in [0.5, 0.6) is 5.75 Å². The summed E-state index contributed by atoms with van der Waals surface area (Å²) in [6.07, 6.45) is 0.401. The van der Waals surface area contributed by atoms with E-state index >= 15 is 0 Å². The average molecular weight is 671 g/mol. The number of nitrogens with zero attached hydrogens (tertiary/aromatic N) is 3. The SMILES string of the molecule is CC(=CC(=O)OCc1ccc([N+](=O)[O-])cc1)c1c(N2C[S+]3C(=O)C2N=C3COc2ccccc2)cccc1P(=O)(O)c1ccccc1. The average Bonchev–Trinajstić information content (AvgIpc) is 3.57.